The monoisotopic (exact) mass is 383 g/mol. The number of amides is 1. The number of hydroxylamine groups is 1. The molecule has 0 bridgehead atoms. The molecule has 1 unspecified atom stereocenters. The van der Waals surface area contributed by atoms with E-state index in [1.807, 2.05) is 53.4 Å². The zero-order valence-corrected chi connectivity index (χ0v) is 16.1. The Kier molecular flexibility index (Phi) is 6.52. The Hall–Kier alpha value is -3.03. The van der Waals surface area contributed by atoms with Crippen molar-refractivity contribution < 1.29 is 19.1 Å². The quantitative estimate of drug-likeness (QED) is 0.644. The van der Waals surface area contributed by atoms with Crippen LogP contribution in [-0.2, 0) is 22.8 Å². The number of hydrogen-bond donors (Lipinski definition) is 2. The Bertz CT molecular complexity index is 839. The van der Waals surface area contributed by atoms with Gasteiger partial charge in [-0.3, -0.25) is 9.63 Å². The smallest absolute Gasteiger partial charge is 0.274 e. The van der Waals surface area contributed by atoms with Crippen molar-refractivity contribution in [3.8, 4) is 11.5 Å². The van der Waals surface area contributed by atoms with Gasteiger partial charge < -0.3 is 20.1 Å². The summed E-state index contributed by atoms with van der Waals surface area (Å²) in [7, 11) is 3.23. The zero-order chi connectivity index (χ0) is 19.9. The molecule has 1 aliphatic heterocycles. The molecule has 28 heavy (non-hydrogen) atoms. The Balaban J connectivity index is 1.59. The lowest BCUT2D eigenvalue weighted by Crippen LogP contribution is -2.50. The summed E-state index contributed by atoms with van der Waals surface area (Å²) in [6.45, 7) is 1.22. The normalized spacial score (nSPS) is 15.5. The van der Waals surface area contributed by atoms with Gasteiger partial charge in [-0.2, -0.15) is 0 Å². The molecule has 0 fully saturated rings. The number of nitrogens with zero attached hydrogens (tertiary/aromatic N) is 1. The topological polar surface area (TPSA) is 86.0 Å². The number of methoxy groups -OCH3 is 2. The largest absolute Gasteiger partial charge is 0.497 e. The number of hydrogen-bond acceptors (Lipinski definition) is 6. The van der Waals surface area contributed by atoms with E-state index in [-0.39, 0.29) is 11.9 Å². The van der Waals surface area contributed by atoms with E-state index in [1.165, 1.54) is 0 Å². The molecule has 0 radical (unpaired) electrons. The highest BCUT2D eigenvalue weighted by molar-refractivity contribution is 5.95. The van der Waals surface area contributed by atoms with Crippen molar-refractivity contribution in [3.63, 3.8) is 0 Å². The third kappa shape index (κ3) is 4.44. The minimum Gasteiger partial charge on any atom is -0.497 e. The van der Waals surface area contributed by atoms with E-state index in [0.717, 1.165) is 22.6 Å². The first-order chi connectivity index (χ1) is 13.7. The first-order valence-electron chi connectivity index (χ1n) is 9.00. The van der Waals surface area contributed by atoms with Gasteiger partial charge in [-0.25, -0.2) is 5.48 Å². The lowest BCUT2D eigenvalue weighted by molar-refractivity contribution is -0.132. The summed E-state index contributed by atoms with van der Waals surface area (Å²) in [5, 5.41) is 0. The second-order valence-corrected chi connectivity index (χ2v) is 6.39. The van der Waals surface area contributed by atoms with Crippen LogP contribution in [0.5, 0.6) is 11.5 Å². The summed E-state index contributed by atoms with van der Waals surface area (Å²) in [6.07, 6.45) is 1.79. The maximum Gasteiger partial charge on any atom is 0.274 e. The molecule has 0 aliphatic carbocycles. The molecule has 7 nitrogen and oxygen atoms in total. The van der Waals surface area contributed by atoms with Gasteiger partial charge in [0.05, 0.1) is 32.4 Å². The Morgan fingerprint density at radius 2 is 1.93 bits per heavy atom. The van der Waals surface area contributed by atoms with Crippen LogP contribution in [0.15, 0.2) is 60.3 Å². The molecule has 7 heteroatoms. The van der Waals surface area contributed by atoms with E-state index in [0.29, 0.717) is 25.3 Å². The summed E-state index contributed by atoms with van der Waals surface area (Å²) in [4.78, 5) is 19.7. The molecule has 0 saturated heterocycles. The van der Waals surface area contributed by atoms with Crippen LogP contribution < -0.4 is 20.7 Å². The number of rotatable bonds is 9. The fourth-order valence-corrected chi connectivity index (χ4v) is 3.08. The summed E-state index contributed by atoms with van der Waals surface area (Å²) in [5.41, 5.74) is 10.9. The number of benzene rings is 2. The maximum atomic E-state index is 12.4. The lowest BCUT2D eigenvalue weighted by atomic mass is 9.97. The molecule has 1 aliphatic rings. The molecular formula is C21H25N3O4. The van der Waals surface area contributed by atoms with Crippen LogP contribution in [0.1, 0.15) is 11.1 Å². The summed E-state index contributed by atoms with van der Waals surface area (Å²) in [6, 6.07) is 15.1. The number of carbonyl (C=O) groups is 1. The van der Waals surface area contributed by atoms with Crippen molar-refractivity contribution >= 4 is 5.91 Å². The third-order valence-corrected chi connectivity index (χ3v) is 4.64. The molecule has 2 aromatic carbocycles. The van der Waals surface area contributed by atoms with Crippen molar-refractivity contribution in [2.75, 3.05) is 20.8 Å². The Morgan fingerprint density at radius 3 is 2.61 bits per heavy atom. The van der Waals surface area contributed by atoms with Gasteiger partial charge in [0, 0.05) is 30.9 Å². The minimum atomic E-state index is -0.274. The number of ether oxygens (including phenoxy) is 2. The minimum absolute atomic E-state index is 0.174. The van der Waals surface area contributed by atoms with Crippen LogP contribution in [0, 0.1) is 0 Å². The Morgan fingerprint density at radius 1 is 1.14 bits per heavy atom. The molecular weight excluding hydrogens is 358 g/mol. The third-order valence-electron chi connectivity index (χ3n) is 4.64. The van der Waals surface area contributed by atoms with Crippen LogP contribution >= 0.6 is 0 Å². The average Bonchev–Trinajstić information content (AvgIpc) is 2.71. The van der Waals surface area contributed by atoms with Gasteiger partial charge in [0.15, 0.2) is 0 Å². The van der Waals surface area contributed by atoms with Crippen LogP contribution in [-0.4, -0.2) is 37.6 Å². The molecule has 3 rings (SSSR count). The first kappa shape index (κ1) is 19.7. The van der Waals surface area contributed by atoms with Gasteiger partial charge in [-0.05, 0) is 17.7 Å². The average molecular weight is 383 g/mol. The van der Waals surface area contributed by atoms with Gasteiger partial charge in [-0.1, -0.05) is 30.3 Å². The fraction of sp³-hybridized carbons (Fsp3) is 0.286. The molecule has 1 atom stereocenters. The molecule has 3 N–H and O–H groups in total. The van der Waals surface area contributed by atoms with Gasteiger partial charge in [0.1, 0.15) is 11.5 Å². The second-order valence-electron chi connectivity index (χ2n) is 6.39. The fourth-order valence-electron chi connectivity index (χ4n) is 3.08. The van der Waals surface area contributed by atoms with Gasteiger partial charge >= 0.3 is 0 Å². The summed E-state index contributed by atoms with van der Waals surface area (Å²) >= 11 is 0. The van der Waals surface area contributed by atoms with Gasteiger partial charge in [0.25, 0.3) is 5.91 Å². The zero-order valence-electron chi connectivity index (χ0n) is 16.1. The molecule has 0 aromatic heterocycles. The van der Waals surface area contributed by atoms with E-state index in [1.54, 1.807) is 20.4 Å². The van der Waals surface area contributed by atoms with Crippen LogP contribution in [0.2, 0.25) is 0 Å². The predicted molar refractivity (Wildman–Crippen MR) is 105 cm³/mol. The molecule has 2 aromatic rings. The van der Waals surface area contributed by atoms with Crippen molar-refractivity contribution in [1.82, 2.24) is 10.4 Å². The number of nitrogens with one attached hydrogen (secondary N) is 1. The lowest BCUT2D eigenvalue weighted by Gasteiger charge is -2.39. The standard InChI is InChI=1S/C21H25N3O4/c1-26-17-9-8-16(20(10-17)27-2)12-24-13-18(19(24)11-22)21(25)23-28-14-15-6-4-3-5-7-15/h3-10,13,19H,11-12,14,22H2,1-2H3,(H,23,25). The van der Waals surface area contributed by atoms with Crippen molar-refractivity contribution in [2.24, 2.45) is 5.73 Å². The van der Waals surface area contributed by atoms with E-state index in [2.05, 4.69) is 5.48 Å². The molecule has 0 saturated carbocycles. The number of carbonyl (C=O) groups excluding carboxylic acids is 1. The van der Waals surface area contributed by atoms with Gasteiger partial charge in [-0.15, -0.1) is 0 Å². The number of nitrogens with two attached hydrogens (primary N) is 1. The van der Waals surface area contributed by atoms with E-state index >= 15 is 0 Å². The molecule has 1 heterocycles. The first-order valence-corrected chi connectivity index (χ1v) is 9.00. The highest BCUT2D eigenvalue weighted by Crippen LogP contribution is 2.30. The maximum absolute atomic E-state index is 12.4. The highest BCUT2D eigenvalue weighted by Gasteiger charge is 2.33. The second kappa shape index (κ2) is 9.25. The van der Waals surface area contributed by atoms with Crippen LogP contribution in [0.3, 0.4) is 0 Å². The molecule has 148 valence electrons. The van der Waals surface area contributed by atoms with Gasteiger partial charge in [0.2, 0.25) is 0 Å². The van der Waals surface area contributed by atoms with Crippen molar-refractivity contribution in [2.45, 2.75) is 19.2 Å². The van der Waals surface area contributed by atoms with Crippen LogP contribution in [0.4, 0.5) is 0 Å². The van der Waals surface area contributed by atoms with E-state index < -0.39 is 0 Å². The predicted octanol–water partition coefficient (Wildman–Crippen LogP) is 1.98. The van der Waals surface area contributed by atoms with E-state index in [9.17, 15) is 4.79 Å². The van der Waals surface area contributed by atoms with E-state index in [4.69, 9.17) is 20.0 Å². The Labute approximate surface area is 164 Å². The SMILES string of the molecule is COc1ccc(CN2C=C(C(=O)NOCc3ccccc3)C2CN)c(OC)c1. The summed E-state index contributed by atoms with van der Waals surface area (Å²) in [5.74, 6) is 1.18. The van der Waals surface area contributed by atoms with Crippen molar-refractivity contribution in [1.29, 1.82) is 0 Å². The van der Waals surface area contributed by atoms with Crippen molar-refractivity contribution in [3.05, 3.63) is 71.4 Å². The van der Waals surface area contributed by atoms with Crippen LogP contribution in [0.25, 0.3) is 0 Å². The molecule has 1 amide bonds. The highest BCUT2D eigenvalue weighted by atomic mass is 16.6. The molecule has 0 spiro atoms. The summed E-state index contributed by atoms with van der Waals surface area (Å²) < 4.78 is 10.7.